The lowest BCUT2D eigenvalue weighted by atomic mass is 9.73. The molecule has 0 saturated carbocycles. The summed E-state index contributed by atoms with van der Waals surface area (Å²) in [6.45, 7) is 12.9. The summed E-state index contributed by atoms with van der Waals surface area (Å²) in [6.07, 6.45) is 6.80. The maximum absolute atomic E-state index is 6.10. The topological polar surface area (TPSA) is 18.5 Å². The minimum atomic E-state index is -0.248. The van der Waals surface area contributed by atoms with Crippen LogP contribution in [0, 0.1) is 5.92 Å². The van der Waals surface area contributed by atoms with Crippen LogP contribution in [0.1, 0.15) is 54.4 Å². The molecular formula is C15H25BO2. The SMILES string of the molecule is CC(C)C1=CC(B2OC(C)(C)C(C)(C)O2)=CCC1. The number of hydrogen-bond donors (Lipinski definition) is 0. The molecule has 1 aliphatic carbocycles. The van der Waals surface area contributed by atoms with Gasteiger partial charge in [0.15, 0.2) is 0 Å². The van der Waals surface area contributed by atoms with Gasteiger partial charge in [0.2, 0.25) is 0 Å². The Morgan fingerprint density at radius 3 is 2.17 bits per heavy atom. The molecule has 0 aromatic rings. The molecule has 0 atom stereocenters. The fraction of sp³-hybridized carbons (Fsp3) is 0.733. The van der Waals surface area contributed by atoms with Gasteiger partial charge in [-0.3, -0.25) is 0 Å². The molecule has 2 aliphatic rings. The van der Waals surface area contributed by atoms with Crippen LogP contribution in [0.3, 0.4) is 0 Å². The molecule has 0 spiro atoms. The number of hydrogen-bond acceptors (Lipinski definition) is 2. The third-order valence-corrected chi connectivity index (χ3v) is 4.43. The summed E-state index contributed by atoms with van der Waals surface area (Å²) in [5, 5.41) is 0. The summed E-state index contributed by atoms with van der Waals surface area (Å²) in [5.74, 6) is 0.608. The van der Waals surface area contributed by atoms with Crippen molar-refractivity contribution in [1.29, 1.82) is 0 Å². The fourth-order valence-electron chi connectivity index (χ4n) is 2.35. The lowest BCUT2D eigenvalue weighted by Gasteiger charge is -2.32. The van der Waals surface area contributed by atoms with Gasteiger partial charge >= 0.3 is 7.12 Å². The van der Waals surface area contributed by atoms with Crippen LogP contribution in [-0.2, 0) is 9.31 Å². The summed E-state index contributed by atoms with van der Waals surface area (Å²) in [7, 11) is -0.205. The monoisotopic (exact) mass is 248 g/mol. The van der Waals surface area contributed by atoms with Gasteiger partial charge in [0.25, 0.3) is 0 Å². The third kappa shape index (κ3) is 2.43. The van der Waals surface area contributed by atoms with Gasteiger partial charge < -0.3 is 9.31 Å². The molecule has 1 aliphatic heterocycles. The molecule has 0 aromatic heterocycles. The zero-order valence-corrected chi connectivity index (χ0v) is 12.5. The van der Waals surface area contributed by atoms with Crippen LogP contribution in [0.2, 0.25) is 0 Å². The molecule has 1 saturated heterocycles. The quantitative estimate of drug-likeness (QED) is 0.689. The van der Waals surface area contributed by atoms with Gasteiger partial charge in [0, 0.05) is 0 Å². The zero-order valence-electron chi connectivity index (χ0n) is 12.5. The molecule has 1 fully saturated rings. The summed E-state index contributed by atoms with van der Waals surface area (Å²) in [5.41, 5.74) is 2.20. The zero-order chi connectivity index (χ0) is 13.6. The number of rotatable bonds is 2. The molecule has 0 bridgehead atoms. The van der Waals surface area contributed by atoms with E-state index in [-0.39, 0.29) is 18.3 Å². The Balaban J connectivity index is 2.18. The molecule has 3 heteroatoms. The minimum Gasteiger partial charge on any atom is -0.399 e. The van der Waals surface area contributed by atoms with E-state index in [1.165, 1.54) is 17.5 Å². The molecule has 0 N–H and O–H groups in total. The Kier molecular flexibility index (Phi) is 3.50. The van der Waals surface area contributed by atoms with E-state index >= 15 is 0 Å². The van der Waals surface area contributed by atoms with Crippen molar-refractivity contribution in [1.82, 2.24) is 0 Å². The van der Waals surface area contributed by atoms with Crippen LogP contribution < -0.4 is 0 Å². The normalized spacial score (nSPS) is 26.3. The average Bonchev–Trinajstić information content (AvgIpc) is 2.48. The molecule has 1 heterocycles. The smallest absolute Gasteiger partial charge is 0.399 e. The first kappa shape index (κ1) is 13.9. The highest BCUT2D eigenvalue weighted by molar-refractivity contribution is 6.55. The van der Waals surface area contributed by atoms with E-state index in [1.54, 1.807) is 0 Å². The van der Waals surface area contributed by atoms with Gasteiger partial charge in [-0.2, -0.15) is 0 Å². The molecule has 0 amide bonds. The van der Waals surface area contributed by atoms with Crippen LogP contribution in [-0.4, -0.2) is 18.3 Å². The second-order valence-electron chi connectivity index (χ2n) is 6.71. The maximum Gasteiger partial charge on any atom is 0.494 e. The van der Waals surface area contributed by atoms with E-state index in [4.69, 9.17) is 9.31 Å². The Morgan fingerprint density at radius 1 is 1.11 bits per heavy atom. The van der Waals surface area contributed by atoms with Crippen molar-refractivity contribution in [3.05, 3.63) is 23.2 Å². The molecule has 2 rings (SSSR count). The lowest BCUT2D eigenvalue weighted by molar-refractivity contribution is 0.00578. The first-order chi connectivity index (χ1) is 8.23. The Morgan fingerprint density at radius 2 is 1.67 bits per heavy atom. The Hall–Kier alpha value is -0.535. The van der Waals surface area contributed by atoms with Gasteiger partial charge in [0.05, 0.1) is 11.2 Å². The molecule has 2 nitrogen and oxygen atoms in total. The van der Waals surface area contributed by atoms with E-state index in [9.17, 15) is 0 Å². The van der Waals surface area contributed by atoms with Crippen molar-refractivity contribution in [3.8, 4) is 0 Å². The second kappa shape index (κ2) is 4.54. The van der Waals surface area contributed by atoms with E-state index in [0.29, 0.717) is 5.92 Å². The molecule has 0 radical (unpaired) electrons. The molecule has 0 unspecified atom stereocenters. The van der Waals surface area contributed by atoms with Crippen molar-refractivity contribution in [2.75, 3.05) is 0 Å². The fourth-order valence-corrected chi connectivity index (χ4v) is 2.35. The van der Waals surface area contributed by atoms with E-state index in [0.717, 1.165) is 6.42 Å². The first-order valence-corrected chi connectivity index (χ1v) is 6.99. The van der Waals surface area contributed by atoms with E-state index in [1.807, 2.05) is 0 Å². The van der Waals surface area contributed by atoms with E-state index < -0.39 is 0 Å². The summed E-state index contributed by atoms with van der Waals surface area (Å²) < 4.78 is 12.2. The molecule has 100 valence electrons. The predicted molar refractivity (Wildman–Crippen MR) is 76.3 cm³/mol. The van der Waals surface area contributed by atoms with Crippen molar-refractivity contribution in [2.45, 2.75) is 65.6 Å². The Labute approximate surface area is 112 Å². The van der Waals surface area contributed by atoms with Crippen molar-refractivity contribution in [3.63, 3.8) is 0 Å². The highest BCUT2D eigenvalue weighted by atomic mass is 16.7. The Bertz CT molecular complexity index is 375. The summed E-state index contributed by atoms with van der Waals surface area (Å²) >= 11 is 0. The van der Waals surface area contributed by atoms with Crippen LogP contribution in [0.25, 0.3) is 0 Å². The molecular weight excluding hydrogens is 223 g/mol. The second-order valence-corrected chi connectivity index (χ2v) is 6.71. The van der Waals surface area contributed by atoms with Crippen molar-refractivity contribution >= 4 is 7.12 Å². The van der Waals surface area contributed by atoms with Crippen molar-refractivity contribution < 1.29 is 9.31 Å². The molecule has 18 heavy (non-hydrogen) atoms. The van der Waals surface area contributed by atoms with Crippen LogP contribution in [0.4, 0.5) is 0 Å². The standard InChI is InChI=1S/C15H25BO2/c1-11(2)12-8-7-9-13(10-12)16-17-14(3,4)15(5,6)18-16/h9-11H,7-8H2,1-6H3. The van der Waals surface area contributed by atoms with Gasteiger partial charge in [-0.1, -0.05) is 31.6 Å². The lowest BCUT2D eigenvalue weighted by Crippen LogP contribution is -2.41. The minimum absolute atomic E-state index is 0.205. The third-order valence-electron chi connectivity index (χ3n) is 4.43. The highest BCUT2D eigenvalue weighted by Gasteiger charge is 2.52. The van der Waals surface area contributed by atoms with Crippen molar-refractivity contribution in [2.24, 2.45) is 5.92 Å². The van der Waals surface area contributed by atoms with Crippen LogP contribution in [0.5, 0.6) is 0 Å². The average molecular weight is 248 g/mol. The summed E-state index contributed by atoms with van der Waals surface area (Å²) in [4.78, 5) is 0. The largest absolute Gasteiger partial charge is 0.494 e. The maximum atomic E-state index is 6.10. The van der Waals surface area contributed by atoms with Gasteiger partial charge in [-0.15, -0.1) is 0 Å². The van der Waals surface area contributed by atoms with Crippen LogP contribution >= 0.6 is 0 Å². The number of allylic oxidation sites excluding steroid dienone is 4. The summed E-state index contributed by atoms with van der Waals surface area (Å²) in [6, 6.07) is 0. The van der Waals surface area contributed by atoms with Crippen LogP contribution in [0.15, 0.2) is 23.2 Å². The first-order valence-electron chi connectivity index (χ1n) is 6.99. The predicted octanol–water partition coefficient (Wildman–Crippen LogP) is 3.92. The highest BCUT2D eigenvalue weighted by Crippen LogP contribution is 2.40. The van der Waals surface area contributed by atoms with Gasteiger partial charge in [-0.25, -0.2) is 0 Å². The molecule has 0 aromatic carbocycles. The van der Waals surface area contributed by atoms with Gasteiger partial charge in [0.1, 0.15) is 0 Å². The van der Waals surface area contributed by atoms with Gasteiger partial charge in [-0.05, 0) is 51.9 Å². The van der Waals surface area contributed by atoms with E-state index in [2.05, 4.69) is 53.7 Å².